The molecule has 7 aliphatic rings. The summed E-state index contributed by atoms with van der Waals surface area (Å²) < 4.78 is 23.4. The van der Waals surface area contributed by atoms with Crippen molar-refractivity contribution in [2.75, 3.05) is 0 Å². The Labute approximate surface area is 394 Å². The molecule has 326 valence electrons. The van der Waals surface area contributed by atoms with E-state index in [4.69, 9.17) is 18.9 Å². The third kappa shape index (κ3) is 7.58. The normalized spacial score (nSPS) is 50.8. The molecule has 19 atom stereocenters. The van der Waals surface area contributed by atoms with E-state index in [-0.39, 0.29) is 93.5 Å². The number of aliphatic hydroxyl groups excluding tert-OH is 5. The van der Waals surface area contributed by atoms with Crippen LogP contribution in [0.25, 0.3) is 0 Å². The van der Waals surface area contributed by atoms with Gasteiger partial charge in [0.1, 0.15) is 36.6 Å². The molecular weight excluding hydrogens is 806 g/mol. The summed E-state index contributed by atoms with van der Waals surface area (Å²) >= 11 is 0. The van der Waals surface area contributed by atoms with Crippen LogP contribution in [0.1, 0.15) is 106 Å². The van der Waals surface area contributed by atoms with Crippen molar-refractivity contribution < 1.29 is 138 Å². The number of carbonyl (C=O) groups is 4. The minimum Gasteiger partial charge on any atom is -0.481 e. The van der Waals surface area contributed by atoms with E-state index in [0.717, 1.165) is 37.7 Å². The predicted octanol–water partition coefficient (Wildman–Crippen LogP) is -3.75. The van der Waals surface area contributed by atoms with Crippen molar-refractivity contribution in [2.45, 2.75) is 174 Å². The summed E-state index contributed by atoms with van der Waals surface area (Å²) in [6.45, 7) is 14.8. The Morgan fingerprint density at radius 1 is 0.683 bits per heavy atom. The molecule has 0 spiro atoms. The zero-order chi connectivity index (χ0) is 42.9. The van der Waals surface area contributed by atoms with Crippen molar-refractivity contribution in [3.63, 3.8) is 0 Å². The van der Waals surface area contributed by atoms with Crippen LogP contribution >= 0.6 is 0 Å². The number of carboxylic acids is 3. The van der Waals surface area contributed by atoms with Gasteiger partial charge < -0.3 is 59.8 Å². The fraction of sp³-hybridized carbons (Fsp3) is 0.857. The average molecular weight is 869 g/mol. The van der Waals surface area contributed by atoms with Crippen molar-refractivity contribution >= 4 is 23.7 Å². The molecule has 2 heterocycles. The van der Waals surface area contributed by atoms with E-state index in [1.54, 1.807) is 0 Å². The van der Waals surface area contributed by atoms with Crippen molar-refractivity contribution in [1.29, 1.82) is 0 Å². The molecule has 2 aliphatic heterocycles. The molecule has 2 unspecified atom stereocenters. The minimum absolute atomic E-state index is 0. The zero-order valence-corrected chi connectivity index (χ0v) is 40.4. The Morgan fingerprint density at radius 2 is 1.25 bits per heavy atom. The first kappa shape index (κ1) is 50.5. The molecule has 5 aliphatic carbocycles. The monoisotopic (exact) mass is 868 g/mol. The van der Waals surface area contributed by atoms with Gasteiger partial charge in [-0.25, -0.2) is 9.59 Å². The molecule has 18 heteroatoms. The van der Waals surface area contributed by atoms with E-state index in [1.165, 1.54) is 0 Å². The summed E-state index contributed by atoms with van der Waals surface area (Å²) in [6, 6.07) is 0. The molecule has 0 aromatic rings. The average Bonchev–Trinajstić information content (AvgIpc) is 3.13. The number of fused-ring (bicyclic) bond motifs is 7. The number of hydrogen-bond donors (Lipinski definition) is 8. The molecule has 4 saturated carbocycles. The maximum Gasteiger partial charge on any atom is 1.00 e. The van der Waals surface area contributed by atoms with Crippen molar-refractivity contribution in [3.05, 3.63) is 11.6 Å². The Bertz CT molecular complexity index is 1740. The first-order valence-corrected chi connectivity index (χ1v) is 20.7. The summed E-state index contributed by atoms with van der Waals surface area (Å²) in [5.41, 5.74) is -1.81. The van der Waals surface area contributed by atoms with Gasteiger partial charge in [-0.05, 0) is 110 Å². The second-order valence-corrected chi connectivity index (χ2v) is 20.6. The van der Waals surface area contributed by atoms with E-state index >= 15 is 0 Å². The zero-order valence-electron chi connectivity index (χ0n) is 36.4. The molecular formula is C42H62Na2O16+2. The van der Waals surface area contributed by atoms with E-state index in [2.05, 4.69) is 27.7 Å². The minimum atomic E-state index is -2.05. The van der Waals surface area contributed by atoms with Crippen LogP contribution in [0.2, 0.25) is 0 Å². The van der Waals surface area contributed by atoms with E-state index in [0.29, 0.717) is 25.7 Å². The van der Waals surface area contributed by atoms with Crippen LogP contribution in [0.15, 0.2) is 11.6 Å². The van der Waals surface area contributed by atoms with Crippen LogP contribution in [0.4, 0.5) is 0 Å². The van der Waals surface area contributed by atoms with Gasteiger partial charge in [0.15, 0.2) is 30.6 Å². The fourth-order valence-corrected chi connectivity index (χ4v) is 13.4. The summed E-state index contributed by atoms with van der Waals surface area (Å²) in [7, 11) is 0. The SMILES string of the molecule is CC1(C)C2CC[C@]3(C)C(C(=O)C=C4[C@@H]5C[C@@](C)(C(=O)O)CC[C@]5(C)CC[C@]43C)[C@@]2(C)CC[C@@H]1O[C@H]1O[C@H](C(=O)O)[C@@H](O)[C@H](O)[C@H]1O[C@@H]1O[C@H](C(=O)O)[C@@H](O)[C@H](O)[C@H]1O.[Na+].[Na+]. The summed E-state index contributed by atoms with van der Waals surface area (Å²) in [5.74, 6) is -4.47. The molecule has 0 amide bonds. The number of aliphatic carboxylic acids is 3. The second kappa shape index (κ2) is 17.0. The van der Waals surface area contributed by atoms with Gasteiger partial charge in [0.05, 0.1) is 11.5 Å². The quantitative estimate of drug-likeness (QED) is 0.0903. The smallest absolute Gasteiger partial charge is 0.481 e. The van der Waals surface area contributed by atoms with Crippen molar-refractivity contribution in [2.24, 2.45) is 50.2 Å². The molecule has 0 aromatic carbocycles. The van der Waals surface area contributed by atoms with Gasteiger partial charge in [-0.3, -0.25) is 9.59 Å². The molecule has 0 aromatic heterocycles. The molecule has 60 heavy (non-hydrogen) atoms. The van der Waals surface area contributed by atoms with Crippen LogP contribution in [0.3, 0.4) is 0 Å². The predicted molar refractivity (Wildman–Crippen MR) is 199 cm³/mol. The maximum atomic E-state index is 14.8. The van der Waals surface area contributed by atoms with Crippen molar-refractivity contribution in [3.8, 4) is 0 Å². The number of hydrogen-bond acceptors (Lipinski definition) is 13. The molecule has 0 radical (unpaired) electrons. The molecule has 8 N–H and O–H groups in total. The number of carboxylic acid groups (broad SMARTS) is 3. The standard InChI is InChI=1S/C42H62O16.2Na/c1-37(2)21-8-11-42(7)31(20(43)16-18-19-17-39(4,36(53)54)13-12-38(19,3)14-15-41(18,42)6)40(21,5)10-9-22(37)55-35-30(26(47)25(46)29(57-35)33(51)52)58-34-27(48)23(44)24(45)28(56-34)32(49)50;;/h16,19,21-31,34-35,44-48H,8-15,17H2,1-7H3,(H,49,50)(H,51,52)(H,53,54);;/q;2*+1/t19-,21?,22-,23-,24-,25-,26-,27+,28-,29-,30+,31?,34-,35-,38+,39-,40-,41+,42+;;/m0../s1. The van der Waals surface area contributed by atoms with E-state index in [1.807, 2.05) is 26.8 Å². The second-order valence-electron chi connectivity index (χ2n) is 20.6. The van der Waals surface area contributed by atoms with Gasteiger partial charge in [-0.2, -0.15) is 0 Å². The fourth-order valence-electron chi connectivity index (χ4n) is 13.4. The van der Waals surface area contributed by atoms with E-state index < -0.39 is 107 Å². The Balaban J connectivity index is 0.00000341. The maximum absolute atomic E-state index is 14.8. The molecule has 0 bridgehead atoms. The number of allylic oxidation sites excluding steroid dienone is 2. The van der Waals surface area contributed by atoms with Crippen LogP contribution < -0.4 is 59.1 Å². The Hall–Kier alpha value is -0.540. The molecule has 6 fully saturated rings. The topological polar surface area (TPSA) is 267 Å². The number of ketones is 1. The summed E-state index contributed by atoms with van der Waals surface area (Å²) in [6.07, 6.45) is -12.2. The van der Waals surface area contributed by atoms with Crippen LogP contribution in [-0.4, -0.2) is 132 Å². The van der Waals surface area contributed by atoms with Crippen LogP contribution in [-0.2, 0) is 38.1 Å². The Kier molecular flexibility index (Phi) is 14.3. The molecule has 16 nitrogen and oxygen atoms in total. The van der Waals surface area contributed by atoms with Gasteiger partial charge in [-0.15, -0.1) is 0 Å². The Morgan fingerprint density at radius 3 is 1.83 bits per heavy atom. The van der Waals surface area contributed by atoms with Gasteiger partial charge in [0.25, 0.3) is 0 Å². The van der Waals surface area contributed by atoms with Gasteiger partial charge >= 0.3 is 77.0 Å². The number of rotatable bonds is 7. The summed E-state index contributed by atoms with van der Waals surface area (Å²) in [5, 5.41) is 83.0. The van der Waals surface area contributed by atoms with Gasteiger partial charge in [0, 0.05) is 5.92 Å². The first-order valence-electron chi connectivity index (χ1n) is 20.7. The number of carbonyl (C=O) groups excluding carboxylic acids is 1. The number of aliphatic hydroxyl groups is 5. The third-order valence-corrected chi connectivity index (χ3v) is 17.2. The van der Waals surface area contributed by atoms with Gasteiger partial charge in [0.2, 0.25) is 0 Å². The summed E-state index contributed by atoms with van der Waals surface area (Å²) in [4.78, 5) is 51.3. The van der Waals surface area contributed by atoms with Crippen LogP contribution in [0.5, 0.6) is 0 Å². The van der Waals surface area contributed by atoms with E-state index in [9.17, 15) is 60.0 Å². The molecule has 2 saturated heterocycles. The van der Waals surface area contributed by atoms with Crippen LogP contribution in [0, 0.1) is 50.2 Å². The first-order chi connectivity index (χ1) is 26.8. The third-order valence-electron chi connectivity index (χ3n) is 17.2. The molecule has 7 rings (SSSR count). The number of ether oxygens (including phenoxy) is 4. The largest absolute Gasteiger partial charge is 1.00 e. The van der Waals surface area contributed by atoms with Gasteiger partial charge in [-0.1, -0.05) is 47.1 Å². The van der Waals surface area contributed by atoms with Crippen molar-refractivity contribution in [1.82, 2.24) is 0 Å².